The van der Waals surface area contributed by atoms with Gasteiger partial charge < -0.3 is 14.9 Å². The number of carboxylic acids is 1. The lowest BCUT2D eigenvalue weighted by Gasteiger charge is -2.45. The van der Waals surface area contributed by atoms with Gasteiger partial charge in [-0.15, -0.1) is 0 Å². The summed E-state index contributed by atoms with van der Waals surface area (Å²) >= 11 is 0. The molecule has 0 saturated carbocycles. The molecule has 2 amide bonds. The second-order valence-electron chi connectivity index (χ2n) is 10.2. The number of amides is 2. The fraction of sp³-hybridized carbons (Fsp3) is 0.640. The minimum atomic E-state index is -5.08. The van der Waals surface area contributed by atoms with Gasteiger partial charge in [-0.25, -0.2) is 17.5 Å². The number of carbonyl (C=O) groups excluding carboxylic acids is 2. The zero-order valence-corrected chi connectivity index (χ0v) is 22.4. The van der Waals surface area contributed by atoms with Gasteiger partial charge in [-0.05, 0) is 44.6 Å². The fourth-order valence-corrected chi connectivity index (χ4v) is 6.77. The third-order valence-electron chi connectivity index (χ3n) is 7.89. The van der Waals surface area contributed by atoms with Gasteiger partial charge in [-0.2, -0.15) is 13.2 Å². The van der Waals surface area contributed by atoms with Crippen molar-refractivity contribution in [1.82, 2.24) is 14.1 Å². The second kappa shape index (κ2) is 11.2. The number of likely N-dealkylation sites (tertiary alicyclic amines) is 2. The minimum absolute atomic E-state index is 0.143. The quantitative estimate of drug-likeness (QED) is 0.604. The molecule has 3 saturated heterocycles. The van der Waals surface area contributed by atoms with Gasteiger partial charge >= 0.3 is 12.1 Å². The van der Waals surface area contributed by atoms with E-state index in [4.69, 9.17) is 9.90 Å². The van der Waals surface area contributed by atoms with Crippen LogP contribution in [0.25, 0.3) is 0 Å². The summed E-state index contributed by atoms with van der Waals surface area (Å²) in [7, 11) is -3.22. The van der Waals surface area contributed by atoms with Crippen molar-refractivity contribution in [3.63, 3.8) is 0 Å². The fourth-order valence-electron chi connectivity index (χ4n) is 5.92. The van der Waals surface area contributed by atoms with Crippen LogP contribution < -0.4 is 0 Å². The van der Waals surface area contributed by atoms with Crippen molar-refractivity contribution in [2.75, 3.05) is 39.0 Å². The van der Waals surface area contributed by atoms with Crippen LogP contribution in [0.15, 0.2) is 30.3 Å². The van der Waals surface area contributed by atoms with Gasteiger partial charge in [0.05, 0.1) is 18.1 Å². The van der Waals surface area contributed by atoms with Crippen LogP contribution in [0.5, 0.6) is 0 Å². The predicted octanol–water partition coefficient (Wildman–Crippen LogP) is 2.52. The van der Waals surface area contributed by atoms with Crippen molar-refractivity contribution in [2.45, 2.75) is 57.2 Å². The first-order valence-corrected chi connectivity index (χ1v) is 14.4. The van der Waals surface area contributed by atoms with Crippen LogP contribution in [0.1, 0.15) is 44.6 Å². The maximum absolute atomic E-state index is 13.5. The summed E-state index contributed by atoms with van der Waals surface area (Å²) in [6.07, 6.45) is 0.126. The van der Waals surface area contributed by atoms with E-state index in [1.165, 1.54) is 10.6 Å². The van der Waals surface area contributed by atoms with E-state index in [9.17, 15) is 31.2 Å². The molecule has 0 radical (unpaired) electrons. The van der Waals surface area contributed by atoms with Crippen molar-refractivity contribution in [2.24, 2.45) is 5.41 Å². The number of hydrogen-bond donors (Lipinski definition) is 1. The molecule has 3 aliphatic heterocycles. The third-order valence-corrected chi connectivity index (χ3v) is 9.19. The number of rotatable bonds is 4. The molecule has 1 N–H and O–H groups in total. The number of aliphatic carboxylic acids is 1. The Morgan fingerprint density at radius 1 is 1.00 bits per heavy atom. The van der Waals surface area contributed by atoms with E-state index in [2.05, 4.69) is 0 Å². The van der Waals surface area contributed by atoms with E-state index in [-0.39, 0.29) is 17.4 Å². The Bertz CT molecular complexity index is 1130. The number of alkyl halides is 3. The van der Waals surface area contributed by atoms with E-state index in [0.717, 1.165) is 24.8 Å². The maximum atomic E-state index is 13.5. The Kier molecular flexibility index (Phi) is 8.81. The molecule has 212 valence electrons. The van der Waals surface area contributed by atoms with Crippen molar-refractivity contribution in [3.8, 4) is 0 Å². The van der Waals surface area contributed by atoms with Crippen molar-refractivity contribution < 1.29 is 41.1 Å². The first-order chi connectivity index (χ1) is 17.6. The number of carboxylic acid groups (broad SMARTS) is 1. The van der Waals surface area contributed by atoms with E-state index in [0.29, 0.717) is 52.0 Å². The summed E-state index contributed by atoms with van der Waals surface area (Å²) in [5, 5.41) is 7.12. The summed E-state index contributed by atoms with van der Waals surface area (Å²) in [6.45, 7) is 4.85. The molecule has 0 aromatic heterocycles. The van der Waals surface area contributed by atoms with E-state index >= 15 is 0 Å². The maximum Gasteiger partial charge on any atom is 0.490 e. The molecule has 4 rings (SSSR count). The lowest BCUT2D eigenvalue weighted by molar-refractivity contribution is -0.192. The molecule has 38 heavy (non-hydrogen) atoms. The van der Waals surface area contributed by atoms with Crippen LogP contribution in [0.4, 0.5) is 13.2 Å². The van der Waals surface area contributed by atoms with Gasteiger partial charge in [-0.3, -0.25) is 9.59 Å². The predicted molar refractivity (Wildman–Crippen MR) is 132 cm³/mol. The zero-order valence-electron chi connectivity index (χ0n) is 21.5. The molecule has 3 fully saturated rings. The second-order valence-corrected chi connectivity index (χ2v) is 12.2. The molecular formula is C25H34F3N3O6S. The average Bonchev–Trinajstić information content (AvgIpc) is 3.05. The van der Waals surface area contributed by atoms with Crippen LogP contribution in [-0.4, -0.2) is 96.1 Å². The topological polar surface area (TPSA) is 115 Å². The molecule has 0 unspecified atom stereocenters. The molecule has 0 atom stereocenters. The van der Waals surface area contributed by atoms with Gasteiger partial charge in [0.1, 0.15) is 0 Å². The Morgan fingerprint density at radius 3 is 1.97 bits per heavy atom. The number of hydrogen-bond acceptors (Lipinski definition) is 5. The van der Waals surface area contributed by atoms with Crippen LogP contribution >= 0.6 is 0 Å². The number of halogens is 3. The molecule has 9 nitrogen and oxygen atoms in total. The Morgan fingerprint density at radius 2 is 1.53 bits per heavy atom. The largest absolute Gasteiger partial charge is 0.490 e. The lowest BCUT2D eigenvalue weighted by Crippen LogP contribution is -2.54. The van der Waals surface area contributed by atoms with Gasteiger partial charge in [0.15, 0.2) is 0 Å². The molecule has 3 aliphatic rings. The smallest absolute Gasteiger partial charge is 0.475 e. The highest BCUT2D eigenvalue weighted by Crippen LogP contribution is 2.52. The van der Waals surface area contributed by atoms with Gasteiger partial charge in [-0.1, -0.05) is 30.3 Å². The first-order valence-electron chi connectivity index (χ1n) is 12.5. The number of sulfonamides is 1. The lowest BCUT2D eigenvalue weighted by atomic mass is 9.71. The van der Waals surface area contributed by atoms with Crippen molar-refractivity contribution >= 4 is 27.8 Å². The third kappa shape index (κ3) is 6.48. The van der Waals surface area contributed by atoms with Crippen LogP contribution in [-0.2, 0) is 30.8 Å². The molecule has 0 bridgehead atoms. The number of nitrogens with zero attached hydrogens (tertiary/aromatic N) is 3. The Labute approximate surface area is 220 Å². The van der Waals surface area contributed by atoms with Crippen molar-refractivity contribution in [3.05, 3.63) is 35.9 Å². The molecule has 2 spiro atoms. The Hall–Kier alpha value is -2.67. The summed E-state index contributed by atoms with van der Waals surface area (Å²) < 4.78 is 57.1. The monoisotopic (exact) mass is 561 g/mol. The highest BCUT2D eigenvalue weighted by Gasteiger charge is 2.60. The SMILES string of the molecule is CCN1C(=O)C2(CCN(S(C)(=O)=O)CC2)CC12CCN(C(=O)Cc1ccccc1)CC2.O=C(O)C(F)(F)F. The molecule has 0 aliphatic carbocycles. The molecule has 1 aromatic carbocycles. The van der Waals surface area contributed by atoms with Crippen LogP contribution in [0.2, 0.25) is 0 Å². The molecular weight excluding hydrogens is 527 g/mol. The summed E-state index contributed by atoms with van der Waals surface area (Å²) in [6, 6.07) is 9.80. The highest BCUT2D eigenvalue weighted by atomic mass is 32.2. The molecule has 13 heteroatoms. The highest BCUT2D eigenvalue weighted by molar-refractivity contribution is 7.88. The van der Waals surface area contributed by atoms with E-state index in [1.807, 2.05) is 47.1 Å². The van der Waals surface area contributed by atoms with Crippen LogP contribution in [0.3, 0.4) is 0 Å². The van der Waals surface area contributed by atoms with Gasteiger partial charge in [0.25, 0.3) is 0 Å². The number of benzene rings is 1. The van der Waals surface area contributed by atoms with Gasteiger partial charge in [0.2, 0.25) is 21.8 Å². The molecule has 3 heterocycles. The van der Waals surface area contributed by atoms with Gasteiger partial charge in [0, 0.05) is 38.3 Å². The minimum Gasteiger partial charge on any atom is -0.475 e. The number of carbonyl (C=O) groups is 3. The first kappa shape index (κ1) is 29.9. The van der Waals surface area contributed by atoms with Crippen LogP contribution in [0, 0.1) is 5.41 Å². The normalized spacial score (nSPS) is 21.3. The molecule has 1 aromatic rings. The van der Waals surface area contributed by atoms with E-state index in [1.54, 1.807) is 0 Å². The van der Waals surface area contributed by atoms with Crippen molar-refractivity contribution in [1.29, 1.82) is 0 Å². The number of piperidine rings is 2. The summed E-state index contributed by atoms with van der Waals surface area (Å²) in [5.74, 6) is -2.43. The van der Waals surface area contributed by atoms with E-state index < -0.39 is 27.6 Å². The average molecular weight is 562 g/mol. The summed E-state index contributed by atoms with van der Waals surface area (Å²) in [5.41, 5.74) is 0.367. The standard InChI is InChI=1S/C23H33N3O4S.C2HF3O2/c1-3-26-21(28)22(9-15-25(16-10-22)31(2,29)30)18-23(26)11-13-24(14-12-23)20(27)17-19-7-5-4-6-8-19;3-2(4,5)1(6)7/h4-8H,3,9-18H2,1-2H3;(H,6,7). The zero-order chi connectivity index (χ0) is 28.4. The Balaban J connectivity index is 0.000000505. The summed E-state index contributed by atoms with van der Waals surface area (Å²) in [4.78, 5) is 39.1.